The molecule has 1 heterocycles. The van der Waals surface area contributed by atoms with Gasteiger partial charge in [-0.15, -0.1) is 5.10 Å². The van der Waals surface area contributed by atoms with Crippen LogP contribution >= 0.6 is 0 Å². The lowest BCUT2D eigenvalue weighted by molar-refractivity contribution is -0.154. The van der Waals surface area contributed by atoms with E-state index in [0.29, 0.717) is 45.3 Å². The largest absolute Gasteiger partial charge is 0.463 e. The molecule has 0 aliphatic heterocycles. The molecule has 0 spiro atoms. The first kappa shape index (κ1) is 23.8. The zero-order valence-electron chi connectivity index (χ0n) is 17.2. The standard InChI is InChI=1S/C18H32N4O6/c1-5-7-28-17(24)19-13-15-14-22(21-20-15)6-8-25-9-10-26-11-12-27-16(23)18(2,3)4/h14H,5-13H2,1-4H3,(H,19,24). The Morgan fingerprint density at radius 2 is 1.71 bits per heavy atom. The molecule has 1 rings (SSSR count). The van der Waals surface area contributed by atoms with Gasteiger partial charge in [0.2, 0.25) is 0 Å². The van der Waals surface area contributed by atoms with E-state index in [1.807, 2.05) is 6.92 Å². The van der Waals surface area contributed by atoms with Crippen LogP contribution in [0.15, 0.2) is 6.20 Å². The summed E-state index contributed by atoms with van der Waals surface area (Å²) in [6.07, 6.45) is 2.05. The van der Waals surface area contributed by atoms with Gasteiger partial charge in [0.25, 0.3) is 0 Å². The van der Waals surface area contributed by atoms with Crippen LogP contribution in [-0.2, 0) is 36.8 Å². The summed E-state index contributed by atoms with van der Waals surface area (Å²) < 4.78 is 22.4. The third kappa shape index (κ3) is 10.8. The molecule has 1 aromatic heterocycles. The maximum absolute atomic E-state index is 11.5. The van der Waals surface area contributed by atoms with Gasteiger partial charge in [-0.3, -0.25) is 4.79 Å². The quantitative estimate of drug-likeness (QED) is 0.392. The molecule has 0 atom stereocenters. The van der Waals surface area contributed by atoms with Crippen LogP contribution in [-0.4, -0.2) is 66.7 Å². The minimum absolute atomic E-state index is 0.234. The molecule has 0 radical (unpaired) electrons. The highest BCUT2D eigenvalue weighted by Gasteiger charge is 2.22. The average Bonchev–Trinajstić information content (AvgIpc) is 3.10. The van der Waals surface area contributed by atoms with Crippen LogP contribution in [0.25, 0.3) is 0 Å². The second-order valence-corrected chi connectivity index (χ2v) is 7.07. The smallest absolute Gasteiger partial charge is 0.407 e. The summed E-state index contributed by atoms with van der Waals surface area (Å²) in [7, 11) is 0. The van der Waals surface area contributed by atoms with Crippen LogP contribution in [0.1, 0.15) is 39.8 Å². The van der Waals surface area contributed by atoms with Gasteiger partial charge in [0.15, 0.2) is 0 Å². The molecule has 28 heavy (non-hydrogen) atoms. The Bertz CT molecular complexity index is 585. The summed E-state index contributed by atoms with van der Waals surface area (Å²) in [4.78, 5) is 22.9. The first-order chi connectivity index (χ1) is 13.3. The lowest BCUT2D eigenvalue weighted by Gasteiger charge is -2.16. The second-order valence-electron chi connectivity index (χ2n) is 7.07. The van der Waals surface area contributed by atoms with E-state index in [2.05, 4.69) is 15.6 Å². The molecule has 0 unspecified atom stereocenters. The zero-order valence-corrected chi connectivity index (χ0v) is 17.2. The predicted molar refractivity (Wildman–Crippen MR) is 101 cm³/mol. The number of rotatable bonds is 13. The molecule has 1 amide bonds. The summed E-state index contributed by atoms with van der Waals surface area (Å²) in [6.45, 7) is 10.4. The molecule has 0 saturated heterocycles. The second kappa shape index (κ2) is 13.1. The van der Waals surface area contributed by atoms with Crippen molar-refractivity contribution in [3.8, 4) is 0 Å². The van der Waals surface area contributed by atoms with Crippen molar-refractivity contribution in [2.24, 2.45) is 5.41 Å². The molecule has 10 nitrogen and oxygen atoms in total. The summed E-state index contributed by atoms with van der Waals surface area (Å²) in [5, 5.41) is 10.5. The topological polar surface area (TPSA) is 114 Å². The number of amides is 1. The van der Waals surface area contributed by atoms with E-state index in [0.717, 1.165) is 6.42 Å². The van der Waals surface area contributed by atoms with Gasteiger partial charge in [-0.1, -0.05) is 12.1 Å². The number of carbonyl (C=O) groups is 2. The first-order valence-electron chi connectivity index (χ1n) is 9.45. The number of esters is 1. The van der Waals surface area contributed by atoms with Crippen molar-refractivity contribution in [2.45, 2.75) is 47.2 Å². The van der Waals surface area contributed by atoms with Gasteiger partial charge in [0.1, 0.15) is 12.3 Å². The van der Waals surface area contributed by atoms with Crippen molar-refractivity contribution in [2.75, 3.05) is 39.6 Å². The van der Waals surface area contributed by atoms with Gasteiger partial charge in [-0.25, -0.2) is 9.48 Å². The fraction of sp³-hybridized carbons (Fsp3) is 0.778. The van der Waals surface area contributed by atoms with E-state index in [9.17, 15) is 9.59 Å². The lowest BCUT2D eigenvalue weighted by Crippen LogP contribution is -2.24. The summed E-state index contributed by atoms with van der Waals surface area (Å²) in [5.41, 5.74) is 0.139. The van der Waals surface area contributed by atoms with Crippen LogP contribution < -0.4 is 5.32 Å². The van der Waals surface area contributed by atoms with Crippen molar-refractivity contribution < 1.29 is 28.5 Å². The number of hydrogen-bond acceptors (Lipinski definition) is 8. The Hall–Kier alpha value is -2.20. The maximum atomic E-state index is 11.5. The zero-order chi connectivity index (χ0) is 20.8. The summed E-state index contributed by atoms with van der Waals surface area (Å²) in [6, 6.07) is 0. The monoisotopic (exact) mass is 400 g/mol. The number of alkyl carbamates (subject to hydrolysis) is 1. The van der Waals surface area contributed by atoms with Crippen LogP contribution in [0.3, 0.4) is 0 Å². The summed E-state index contributed by atoms with van der Waals surface area (Å²) >= 11 is 0. The highest BCUT2D eigenvalue weighted by atomic mass is 16.6. The number of carbonyl (C=O) groups excluding carboxylic acids is 2. The van der Waals surface area contributed by atoms with Crippen LogP contribution in [0.4, 0.5) is 4.79 Å². The van der Waals surface area contributed by atoms with Crippen molar-refractivity contribution in [1.29, 1.82) is 0 Å². The fourth-order valence-corrected chi connectivity index (χ4v) is 1.83. The predicted octanol–water partition coefficient (Wildman–Crippen LogP) is 1.54. The van der Waals surface area contributed by atoms with Gasteiger partial charge < -0.3 is 24.3 Å². The number of nitrogens with zero attached hydrogens (tertiary/aromatic N) is 3. The van der Waals surface area contributed by atoms with E-state index in [-0.39, 0.29) is 19.1 Å². The number of hydrogen-bond donors (Lipinski definition) is 1. The lowest BCUT2D eigenvalue weighted by atomic mass is 9.97. The van der Waals surface area contributed by atoms with Crippen molar-refractivity contribution >= 4 is 12.1 Å². The molecule has 10 heteroatoms. The van der Waals surface area contributed by atoms with Crippen LogP contribution in [0.2, 0.25) is 0 Å². The Kier molecular flexibility index (Phi) is 11.1. The molecular formula is C18H32N4O6. The molecular weight excluding hydrogens is 368 g/mol. The van der Waals surface area contributed by atoms with E-state index in [1.165, 1.54) is 0 Å². The molecule has 0 fully saturated rings. The molecule has 1 aromatic rings. The van der Waals surface area contributed by atoms with E-state index >= 15 is 0 Å². The van der Waals surface area contributed by atoms with Crippen molar-refractivity contribution in [3.05, 3.63) is 11.9 Å². The first-order valence-corrected chi connectivity index (χ1v) is 9.45. The maximum Gasteiger partial charge on any atom is 0.407 e. The Balaban J connectivity index is 2.01. The molecule has 0 aromatic carbocycles. The Morgan fingerprint density at radius 1 is 1.04 bits per heavy atom. The van der Waals surface area contributed by atoms with Gasteiger partial charge in [-0.05, 0) is 27.2 Å². The van der Waals surface area contributed by atoms with Crippen LogP contribution in [0.5, 0.6) is 0 Å². The number of nitrogens with one attached hydrogen (secondary N) is 1. The van der Waals surface area contributed by atoms with E-state index in [4.69, 9.17) is 18.9 Å². The minimum atomic E-state index is -0.501. The SMILES string of the molecule is CCCOC(=O)NCc1cn(CCOCCOCCOC(=O)C(C)(C)C)nn1. The van der Waals surface area contributed by atoms with Crippen molar-refractivity contribution in [3.63, 3.8) is 0 Å². The fourth-order valence-electron chi connectivity index (χ4n) is 1.83. The third-order valence-electron chi connectivity index (χ3n) is 3.35. The van der Waals surface area contributed by atoms with E-state index < -0.39 is 11.5 Å². The molecule has 0 aliphatic rings. The van der Waals surface area contributed by atoms with Gasteiger partial charge >= 0.3 is 12.1 Å². The Morgan fingerprint density at radius 3 is 2.39 bits per heavy atom. The number of aromatic nitrogens is 3. The van der Waals surface area contributed by atoms with Crippen molar-refractivity contribution in [1.82, 2.24) is 20.3 Å². The highest BCUT2D eigenvalue weighted by Crippen LogP contribution is 2.14. The van der Waals surface area contributed by atoms with Crippen LogP contribution in [0, 0.1) is 5.41 Å². The third-order valence-corrected chi connectivity index (χ3v) is 3.35. The summed E-state index contributed by atoms with van der Waals surface area (Å²) in [5.74, 6) is -0.243. The molecule has 0 bridgehead atoms. The van der Waals surface area contributed by atoms with E-state index in [1.54, 1.807) is 31.6 Å². The molecule has 160 valence electrons. The highest BCUT2D eigenvalue weighted by molar-refractivity contribution is 5.75. The molecule has 0 saturated carbocycles. The van der Waals surface area contributed by atoms with Gasteiger partial charge in [0.05, 0.1) is 57.7 Å². The van der Waals surface area contributed by atoms with Gasteiger partial charge in [0, 0.05) is 0 Å². The molecule has 1 N–H and O–H groups in total. The Labute approximate surface area is 165 Å². The molecule has 0 aliphatic carbocycles. The minimum Gasteiger partial charge on any atom is -0.463 e. The number of ether oxygens (including phenoxy) is 4. The van der Waals surface area contributed by atoms with Gasteiger partial charge in [-0.2, -0.15) is 0 Å². The average molecular weight is 400 g/mol. The normalized spacial score (nSPS) is 11.3.